The lowest BCUT2D eigenvalue weighted by atomic mass is 9.99. The molecule has 0 radical (unpaired) electrons. The van der Waals surface area contributed by atoms with Crippen LogP contribution in [0, 0.1) is 0 Å². The SMILES string of the molecule is C=C(c1ccc(OC)cc1)c1cccc(O)c1. The quantitative estimate of drug-likeness (QED) is 0.868. The van der Waals surface area contributed by atoms with Crippen LogP contribution in [0.5, 0.6) is 11.5 Å². The normalized spacial score (nSPS) is 9.94. The zero-order valence-electron chi connectivity index (χ0n) is 9.68. The molecule has 2 heteroatoms. The van der Waals surface area contributed by atoms with Gasteiger partial charge in [0.15, 0.2) is 0 Å². The number of benzene rings is 2. The molecule has 0 bridgehead atoms. The standard InChI is InChI=1S/C15H14O2/c1-11(13-4-3-5-14(16)10-13)12-6-8-15(17-2)9-7-12/h3-10,16H,1H2,2H3. The second kappa shape index (κ2) is 4.74. The number of rotatable bonds is 3. The third-order valence-corrected chi connectivity index (χ3v) is 2.63. The Bertz CT molecular complexity index is 527. The zero-order chi connectivity index (χ0) is 12.3. The molecule has 0 amide bonds. The molecular weight excluding hydrogens is 212 g/mol. The van der Waals surface area contributed by atoms with Crippen LogP contribution in [-0.4, -0.2) is 12.2 Å². The molecule has 0 atom stereocenters. The first-order valence-corrected chi connectivity index (χ1v) is 5.33. The van der Waals surface area contributed by atoms with E-state index in [4.69, 9.17) is 4.74 Å². The van der Waals surface area contributed by atoms with Crippen molar-refractivity contribution in [2.75, 3.05) is 7.11 Å². The molecule has 0 heterocycles. The molecule has 0 spiro atoms. The van der Waals surface area contributed by atoms with Gasteiger partial charge in [0, 0.05) is 0 Å². The molecule has 2 nitrogen and oxygen atoms in total. The summed E-state index contributed by atoms with van der Waals surface area (Å²) in [5.74, 6) is 1.06. The van der Waals surface area contributed by atoms with Crippen molar-refractivity contribution in [1.82, 2.24) is 0 Å². The summed E-state index contributed by atoms with van der Waals surface area (Å²) in [6.45, 7) is 4.04. The minimum Gasteiger partial charge on any atom is -0.508 e. The highest BCUT2D eigenvalue weighted by atomic mass is 16.5. The van der Waals surface area contributed by atoms with Gasteiger partial charge in [0.25, 0.3) is 0 Å². The predicted molar refractivity (Wildman–Crippen MR) is 69.2 cm³/mol. The first-order chi connectivity index (χ1) is 8.20. The molecule has 0 unspecified atom stereocenters. The van der Waals surface area contributed by atoms with Crippen molar-refractivity contribution in [3.05, 3.63) is 66.2 Å². The van der Waals surface area contributed by atoms with E-state index in [9.17, 15) is 5.11 Å². The largest absolute Gasteiger partial charge is 0.508 e. The van der Waals surface area contributed by atoms with Crippen LogP contribution in [-0.2, 0) is 0 Å². The Morgan fingerprint density at radius 3 is 2.35 bits per heavy atom. The zero-order valence-corrected chi connectivity index (χ0v) is 9.68. The number of hydrogen-bond acceptors (Lipinski definition) is 2. The smallest absolute Gasteiger partial charge is 0.118 e. The third kappa shape index (κ3) is 2.48. The lowest BCUT2D eigenvalue weighted by Crippen LogP contribution is -1.87. The Balaban J connectivity index is 2.30. The van der Waals surface area contributed by atoms with Crippen molar-refractivity contribution >= 4 is 5.57 Å². The molecule has 1 N–H and O–H groups in total. The molecule has 2 aromatic rings. The van der Waals surface area contributed by atoms with Crippen LogP contribution in [0.25, 0.3) is 5.57 Å². The van der Waals surface area contributed by atoms with Gasteiger partial charge in [-0.3, -0.25) is 0 Å². The predicted octanol–water partition coefficient (Wildman–Crippen LogP) is 3.46. The lowest BCUT2D eigenvalue weighted by Gasteiger charge is -2.07. The molecule has 0 aliphatic rings. The number of ether oxygens (including phenoxy) is 1. The van der Waals surface area contributed by atoms with Gasteiger partial charge in [-0.2, -0.15) is 0 Å². The van der Waals surface area contributed by atoms with Gasteiger partial charge in [0.05, 0.1) is 7.11 Å². The van der Waals surface area contributed by atoms with Crippen molar-refractivity contribution < 1.29 is 9.84 Å². The van der Waals surface area contributed by atoms with Crippen molar-refractivity contribution in [3.8, 4) is 11.5 Å². The minimum absolute atomic E-state index is 0.247. The second-order valence-corrected chi connectivity index (χ2v) is 3.76. The van der Waals surface area contributed by atoms with Gasteiger partial charge < -0.3 is 9.84 Å². The molecule has 0 aromatic heterocycles. The molecule has 86 valence electrons. The fourth-order valence-electron chi connectivity index (χ4n) is 1.65. The monoisotopic (exact) mass is 226 g/mol. The van der Waals surface area contributed by atoms with Crippen LogP contribution in [0.15, 0.2) is 55.1 Å². The average molecular weight is 226 g/mol. The maximum absolute atomic E-state index is 9.43. The average Bonchev–Trinajstić information content (AvgIpc) is 2.38. The van der Waals surface area contributed by atoms with E-state index in [1.807, 2.05) is 30.3 Å². The van der Waals surface area contributed by atoms with Crippen LogP contribution >= 0.6 is 0 Å². The van der Waals surface area contributed by atoms with Gasteiger partial charge in [0.2, 0.25) is 0 Å². The molecule has 0 fully saturated rings. The number of phenols is 1. The maximum atomic E-state index is 9.43. The van der Waals surface area contributed by atoms with E-state index in [1.54, 1.807) is 25.3 Å². The first-order valence-electron chi connectivity index (χ1n) is 5.33. The van der Waals surface area contributed by atoms with E-state index >= 15 is 0 Å². The van der Waals surface area contributed by atoms with Crippen molar-refractivity contribution in [3.63, 3.8) is 0 Å². The molecule has 0 aliphatic heterocycles. The molecule has 17 heavy (non-hydrogen) atoms. The Morgan fingerprint density at radius 1 is 1.06 bits per heavy atom. The summed E-state index contributed by atoms with van der Waals surface area (Å²) in [5, 5.41) is 9.43. The van der Waals surface area contributed by atoms with Gasteiger partial charge in [-0.05, 0) is 41.0 Å². The summed E-state index contributed by atoms with van der Waals surface area (Å²) in [7, 11) is 1.64. The molecule has 0 aliphatic carbocycles. The van der Waals surface area contributed by atoms with Crippen molar-refractivity contribution in [1.29, 1.82) is 0 Å². The summed E-state index contributed by atoms with van der Waals surface area (Å²) in [6.07, 6.45) is 0. The number of phenolic OH excluding ortho intramolecular Hbond substituents is 1. The van der Waals surface area contributed by atoms with Crippen molar-refractivity contribution in [2.45, 2.75) is 0 Å². The topological polar surface area (TPSA) is 29.5 Å². The van der Waals surface area contributed by atoms with Gasteiger partial charge in [0.1, 0.15) is 11.5 Å². The van der Waals surface area contributed by atoms with E-state index < -0.39 is 0 Å². The highest BCUT2D eigenvalue weighted by molar-refractivity contribution is 5.78. The van der Waals surface area contributed by atoms with E-state index in [2.05, 4.69) is 6.58 Å². The highest BCUT2D eigenvalue weighted by Gasteiger charge is 2.03. The molecule has 2 aromatic carbocycles. The molecule has 0 saturated heterocycles. The van der Waals surface area contributed by atoms with Crippen LogP contribution in [0.1, 0.15) is 11.1 Å². The van der Waals surface area contributed by atoms with Gasteiger partial charge in [-0.25, -0.2) is 0 Å². The van der Waals surface area contributed by atoms with Crippen molar-refractivity contribution in [2.24, 2.45) is 0 Å². The fourth-order valence-corrected chi connectivity index (χ4v) is 1.65. The summed E-state index contributed by atoms with van der Waals surface area (Å²) in [6, 6.07) is 14.8. The van der Waals surface area contributed by atoms with Crippen LogP contribution in [0.2, 0.25) is 0 Å². The van der Waals surface area contributed by atoms with Gasteiger partial charge in [-0.1, -0.05) is 30.8 Å². The van der Waals surface area contributed by atoms with E-state index in [0.29, 0.717) is 0 Å². The third-order valence-electron chi connectivity index (χ3n) is 2.63. The van der Waals surface area contributed by atoms with Crippen LogP contribution in [0.3, 0.4) is 0 Å². The molecule has 2 rings (SSSR count). The van der Waals surface area contributed by atoms with E-state index in [0.717, 1.165) is 22.4 Å². The number of aromatic hydroxyl groups is 1. The Hall–Kier alpha value is -2.22. The Kier molecular flexibility index (Phi) is 3.15. The van der Waals surface area contributed by atoms with Crippen LogP contribution < -0.4 is 4.74 Å². The Morgan fingerprint density at radius 2 is 1.76 bits per heavy atom. The molecular formula is C15H14O2. The Labute approximate surface area is 101 Å². The number of hydrogen-bond donors (Lipinski definition) is 1. The summed E-state index contributed by atoms with van der Waals surface area (Å²) < 4.78 is 5.10. The summed E-state index contributed by atoms with van der Waals surface area (Å²) >= 11 is 0. The number of methoxy groups -OCH3 is 1. The second-order valence-electron chi connectivity index (χ2n) is 3.76. The summed E-state index contributed by atoms with van der Waals surface area (Å²) in [4.78, 5) is 0. The lowest BCUT2D eigenvalue weighted by molar-refractivity contribution is 0.415. The van der Waals surface area contributed by atoms with Gasteiger partial charge >= 0.3 is 0 Å². The van der Waals surface area contributed by atoms with E-state index in [1.165, 1.54) is 0 Å². The molecule has 0 saturated carbocycles. The fraction of sp³-hybridized carbons (Fsp3) is 0.0667. The van der Waals surface area contributed by atoms with Crippen LogP contribution in [0.4, 0.5) is 0 Å². The summed E-state index contributed by atoms with van der Waals surface area (Å²) in [5.41, 5.74) is 2.80. The first kappa shape index (κ1) is 11.3. The maximum Gasteiger partial charge on any atom is 0.118 e. The highest BCUT2D eigenvalue weighted by Crippen LogP contribution is 2.25. The van der Waals surface area contributed by atoms with Gasteiger partial charge in [-0.15, -0.1) is 0 Å². The van der Waals surface area contributed by atoms with E-state index in [-0.39, 0.29) is 5.75 Å². The minimum atomic E-state index is 0.247.